The fraction of sp³-hybridized carbons (Fsp3) is 0.417. The Labute approximate surface area is 115 Å². The number of rotatable bonds is 5. The van der Waals surface area contributed by atoms with Crippen molar-refractivity contribution in [1.82, 2.24) is 5.32 Å². The van der Waals surface area contributed by atoms with E-state index in [0.29, 0.717) is 12.5 Å². The van der Waals surface area contributed by atoms with Crippen LogP contribution in [-0.4, -0.2) is 23.4 Å². The summed E-state index contributed by atoms with van der Waals surface area (Å²) in [6, 6.07) is 3.70. The van der Waals surface area contributed by atoms with Gasteiger partial charge in [0.1, 0.15) is 0 Å². The Kier molecular flexibility index (Phi) is 4.01. The van der Waals surface area contributed by atoms with Gasteiger partial charge in [-0.05, 0) is 24.8 Å². The molecule has 102 valence electrons. The fourth-order valence-corrected chi connectivity index (χ4v) is 2.00. The molecule has 1 fully saturated rings. The summed E-state index contributed by atoms with van der Waals surface area (Å²) >= 11 is 5.87. The number of nitrogens with zero attached hydrogens (tertiary/aromatic N) is 1. The van der Waals surface area contributed by atoms with Gasteiger partial charge in [-0.3, -0.25) is 14.9 Å². The van der Waals surface area contributed by atoms with Crippen LogP contribution in [0.4, 0.5) is 5.69 Å². The second kappa shape index (κ2) is 5.54. The molecule has 1 aliphatic rings. The van der Waals surface area contributed by atoms with Crippen LogP contribution in [-0.2, 0) is 0 Å². The molecule has 0 bridgehead atoms. The molecule has 1 atom stereocenters. The van der Waals surface area contributed by atoms with Crippen molar-refractivity contribution >= 4 is 23.2 Å². The lowest BCUT2D eigenvalue weighted by Crippen LogP contribution is -2.38. The molecule has 1 amide bonds. The van der Waals surface area contributed by atoms with E-state index in [0.717, 1.165) is 12.8 Å². The molecule has 0 radical (unpaired) electrons. The number of nitro groups is 1. The Balaban J connectivity index is 2.04. The molecule has 0 spiro atoms. The van der Waals surface area contributed by atoms with Crippen LogP contribution in [0.15, 0.2) is 18.2 Å². The molecule has 3 N–H and O–H groups in total. The molecule has 1 unspecified atom stereocenters. The van der Waals surface area contributed by atoms with Crippen molar-refractivity contribution in [2.24, 2.45) is 11.7 Å². The third-order valence-electron chi connectivity index (χ3n) is 3.13. The van der Waals surface area contributed by atoms with Crippen LogP contribution in [0, 0.1) is 16.0 Å². The number of hydrogen-bond acceptors (Lipinski definition) is 4. The number of halogens is 1. The van der Waals surface area contributed by atoms with Crippen LogP contribution in [0.25, 0.3) is 0 Å². The van der Waals surface area contributed by atoms with Gasteiger partial charge in [0.15, 0.2) is 0 Å². The molecule has 7 heteroatoms. The highest BCUT2D eigenvalue weighted by molar-refractivity contribution is 6.33. The van der Waals surface area contributed by atoms with Crippen LogP contribution in [0.5, 0.6) is 0 Å². The Morgan fingerprint density at radius 2 is 2.26 bits per heavy atom. The summed E-state index contributed by atoms with van der Waals surface area (Å²) in [5, 5.41) is 13.5. The van der Waals surface area contributed by atoms with Gasteiger partial charge < -0.3 is 11.1 Å². The number of carbonyl (C=O) groups excluding carboxylic acids is 1. The van der Waals surface area contributed by atoms with E-state index in [1.807, 2.05) is 0 Å². The summed E-state index contributed by atoms with van der Waals surface area (Å²) < 4.78 is 0. The summed E-state index contributed by atoms with van der Waals surface area (Å²) in [4.78, 5) is 22.0. The van der Waals surface area contributed by atoms with E-state index in [9.17, 15) is 14.9 Å². The van der Waals surface area contributed by atoms with E-state index in [2.05, 4.69) is 5.32 Å². The molecule has 1 saturated carbocycles. The second-order valence-electron chi connectivity index (χ2n) is 4.63. The predicted molar refractivity (Wildman–Crippen MR) is 71.1 cm³/mol. The lowest BCUT2D eigenvalue weighted by Gasteiger charge is -2.12. The van der Waals surface area contributed by atoms with Crippen molar-refractivity contribution in [3.63, 3.8) is 0 Å². The largest absolute Gasteiger partial charge is 0.350 e. The van der Waals surface area contributed by atoms with Gasteiger partial charge in [0.05, 0.1) is 15.5 Å². The minimum Gasteiger partial charge on any atom is -0.350 e. The number of non-ortho nitro benzene ring substituents is 1. The van der Waals surface area contributed by atoms with E-state index < -0.39 is 10.8 Å². The fourth-order valence-electron chi connectivity index (χ4n) is 1.80. The molecular weight excluding hydrogens is 270 g/mol. The molecule has 0 aliphatic heterocycles. The maximum atomic E-state index is 11.9. The van der Waals surface area contributed by atoms with Crippen LogP contribution in [0.3, 0.4) is 0 Å². The maximum absolute atomic E-state index is 11.9. The van der Waals surface area contributed by atoms with Gasteiger partial charge >= 0.3 is 0 Å². The number of hydrogen-bond donors (Lipinski definition) is 2. The molecule has 6 nitrogen and oxygen atoms in total. The van der Waals surface area contributed by atoms with Crippen molar-refractivity contribution in [2.45, 2.75) is 18.9 Å². The zero-order valence-corrected chi connectivity index (χ0v) is 10.9. The first-order chi connectivity index (χ1) is 8.99. The number of nitro benzene ring substituents is 1. The van der Waals surface area contributed by atoms with Gasteiger partial charge in [0, 0.05) is 24.7 Å². The normalized spacial score (nSPS) is 15.9. The van der Waals surface area contributed by atoms with Crippen molar-refractivity contribution in [3.05, 3.63) is 38.9 Å². The average Bonchev–Trinajstić information content (AvgIpc) is 3.20. The van der Waals surface area contributed by atoms with Crippen LogP contribution < -0.4 is 11.1 Å². The van der Waals surface area contributed by atoms with Crippen molar-refractivity contribution < 1.29 is 9.72 Å². The molecule has 0 aromatic heterocycles. The number of nitrogens with one attached hydrogen (secondary N) is 1. The molecule has 1 aromatic rings. The quantitative estimate of drug-likeness (QED) is 0.635. The van der Waals surface area contributed by atoms with Crippen molar-refractivity contribution in [3.8, 4) is 0 Å². The van der Waals surface area contributed by atoms with Gasteiger partial charge in [-0.15, -0.1) is 0 Å². The van der Waals surface area contributed by atoms with Crippen LogP contribution >= 0.6 is 11.6 Å². The predicted octanol–water partition coefficient (Wildman–Crippen LogP) is 1.72. The maximum Gasteiger partial charge on any atom is 0.270 e. The molecule has 0 heterocycles. The number of nitrogens with two attached hydrogens (primary N) is 1. The molecular formula is C12H14ClN3O3. The third kappa shape index (κ3) is 3.42. The average molecular weight is 284 g/mol. The zero-order valence-electron chi connectivity index (χ0n) is 10.1. The highest BCUT2D eigenvalue weighted by Gasteiger charge is 2.28. The van der Waals surface area contributed by atoms with Gasteiger partial charge in [0.25, 0.3) is 11.6 Å². The van der Waals surface area contributed by atoms with Gasteiger partial charge in [-0.25, -0.2) is 0 Å². The highest BCUT2D eigenvalue weighted by atomic mass is 35.5. The number of benzene rings is 1. The van der Waals surface area contributed by atoms with E-state index in [-0.39, 0.29) is 22.3 Å². The molecule has 0 saturated heterocycles. The summed E-state index contributed by atoms with van der Waals surface area (Å²) in [5.41, 5.74) is 5.80. The Hall–Kier alpha value is -1.66. The Morgan fingerprint density at radius 1 is 1.58 bits per heavy atom. The highest BCUT2D eigenvalue weighted by Crippen LogP contribution is 2.31. The van der Waals surface area contributed by atoms with E-state index in [1.54, 1.807) is 0 Å². The number of amides is 1. The summed E-state index contributed by atoms with van der Waals surface area (Å²) in [5.74, 6) is 0.0330. The topological polar surface area (TPSA) is 98.3 Å². The van der Waals surface area contributed by atoms with Gasteiger partial charge in [-0.2, -0.15) is 0 Å². The lowest BCUT2D eigenvalue weighted by molar-refractivity contribution is -0.384. The van der Waals surface area contributed by atoms with E-state index in [4.69, 9.17) is 17.3 Å². The zero-order chi connectivity index (χ0) is 14.0. The number of carbonyl (C=O) groups is 1. The first-order valence-electron chi connectivity index (χ1n) is 5.96. The second-order valence-corrected chi connectivity index (χ2v) is 5.04. The minimum atomic E-state index is -0.566. The first-order valence-corrected chi connectivity index (χ1v) is 6.34. The third-order valence-corrected chi connectivity index (χ3v) is 3.46. The van der Waals surface area contributed by atoms with Crippen LogP contribution in [0.2, 0.25) is 5.02 Å². The van der Waals surface area contributed by atoms with Crippen LogP contribution in [0.1, 0.15) is 23.2 Å². The summed E-state index contributed by atoms with van der Waals surface area (Å²) in [6.45, 7) is 0.350. The Morgan fingerprint density at radius 3 is 2.84 bits per heavy atom. The minimum absolute atomic E-state index is 0.0681. The standard InChI is InChI=1S/C12H14ClN3O3/c13-10-4-3-8(16(18)19)5-9(10)12(17)15-6-11(14)7-1-2-7/h3-5,7,11H,1-2,6,14H2,(H,15,17). The molecule has 1 aliphatic carbocycles. The SMILES string of the molecule is NC(CNC(=O)c1cc([N+](=O)[O-])ccc1Cl)C1CC1. The summed E-state index contributed by atoms with van der Waals surface area (Å²) in [6.07, 6.45) is 2.18. The van der Waals surface area contributed by atoms with Crippen molar-refractivity contribution in [2.75, 3.05) is 6.54 Å². The molecule has 19 heavy (non-hydrogen) atoms. The van der Waals surface area contributed by atoms with Crippen molar-refractivity contribution in [1.29, 1.82) is 0 Å². The van der Waals surface area contributed by atoms with Gasteiger partial charge in [-0.1, -0.05) is 11.6 Å². The monoisotopic (exact) mass is 283 g/mol. The Bertz CT molecular complexity index is 517. The van der Waals surface area contributed by atoms with E-state index in [1.165, 1.54) is 18.2 Å². The smallest absolute Gasteiger partial charge is 0.270 e. The molecule has 2 rings (SSSR count). The first kappa shape index (κ1) is 13.8. The summed E-state index contributed by atoms with van der Waals surface area (Å²) in [7, 11) is 0. The van der Waals surface area contributed by atoms with Gasteiger partial charge in [0.2, 0.25) is 0 Å². The molecule has 1 aromatic carbocycles. The lowest BCUT2D eigenvalue weighted by atomic mass is 10.1. The van der Waals surface area contributed by atoms with E-state index >= 15 is 0 Å².